The molecule has 0 unspecified atom stereocenters. The van der Waals surface area contributed by atoms with Gasteiger partial charge in [-0.05, 0) is 61.3 Å². The van der Waals surface area contributed by atoms with Crippen LogP contribution in [0.5, 0.6) is 0 Å². The molecule has 0 aromatic heterocycles. The maximum absolute atomic E-state index is 12.2. The highest BCUT2D eigenvalue weighted by molar-refractivity contribution is 7.89. The van der Waals surface area contributed by atoms with Crippen LogP contribution in [0.15, 0.2) is 23.1 Å². The van der Waals surface area contributed by atoms with Gasteiger partial charge >= 0.3 is 0 Å². The Bertz CT molecular complexity index is 547. The summed E-state index contributed by atoms with van der Waals surface area (Å²) in [5.41, 5.74) is 2.52. The summed E-state index contributed by atoms with van der Waals surface area (Å²) in [4.78, 5) is 0.433. The molecule has 0 spiro atoms. The molecular formula is C14H19NO2S. The maximum atomic E-state index is 12.2. The summed E-state index contributed by atoms with van der Waals surface area (Å²) in [6.45, 7) is 0.597. The van der Waals surface area contributed by atoms with Crippen LogP contribution in [0.2, 0.25) is 0 Å². The Balaban J connectivity index is 1.75. The number of hydrogen-bond acceptors (Lipinski definition) is 2. The summed E-state index contributed by atoms with van der Waals surface area (Å²) in [6.07, 6.45) is 6.81. The van der Waals surface area contributed by atoms with Crippen molar-refractivity contribution in [2.45, 2.75) is 43.4 Å². The van der Waals surface area contributed by atoms with E-state index in [0.29, 0.717) is 17.4 Å². The standard InChI is InChI=1S/C14H19NO2S/c16-18(17,15-10-11-3-1-4-11)14-8-7-12-5-2-6-13(12)9-14/h7-9,11,15H,1-6,10H2. The van der Waals surface area contributed by atoms with Gasteiger partial charge in [0, 0.05) is 6.54 Å². The van der Waals surface area contributed by atoms with Crippen molar-refractivity contribution in [3.05, 3.63) is 29.3 Å². The second-order valence-corrected chi connectivity index (χ2v) is 7.20. The monoisotopic (exact) mass is 265 g/mol. The second-order valence-electron chi connectivity index (χ2n) is 5.43. The molecule has 3 nitrogen and oxygen atoms in total. The van der Waals surface area contributed by atoms with E-state index in [9.17, 15) is 8.42 Å². The third-order valence-electron chi connectivity index (χ3n) is 4.17. The van der Waals surface area contributed by atoms with Gasteiger partial charge in [-0.2, -0.15) is 0 Å². The molecule has 18 heavy (non-hydrogen) atoms. The summed E-state index contributed by atoms with van der Waals surface area (Å²) in [5, 5.41) is 0. The van der Waals surface area contributed by atoms with Crippen LogP contribution >= 0.6 is 0 Å². The fourth-order valence-corrected chi connectivity index (χ4v) is 3.89. The lowest BCUT2D eigenvalue weighted by Crippen LogP contribution is -2.32. The van der Waals surface area contributed by atoms with Gasteiger partial charge in [0.15, 0.2) is 0 Å². The van der Waals surface area contributed by atoms with Gasteiger partial charge in [-0.15, -0.1) is 0 Å². The molecule has 0 radical (unpaired) electrons. The Kier molecular flexibility index (Phi) is 3.16. The van der Waals surface area contributed by atoms with Crippen molar-refractivity contribution in [1.82, 2.24) is 4.72 Å². The van der Waals surface area contributed by atoms with E-state index in [2.05, 4.69) is 4.72 Å². The molecule has 4 heteroatoms. The summed E-state index contributed by atoms with van der Waals surface area (Å²) >= 11 is 0. The molecule has 2 aliphatic rings. The van der Waals surface area contributed by atoms with E-state index >= 15 is 0 Å². The average molecular weight is 265 g/mol. The molecule has 0 amide bonds. The minimum absolute atomic E-state index is 0.433. The van der Waals surface area contributed by atoms with E-state index in [4.69, 9.17) is 0 Å². The first-order chi connectivity index (χ1) is 8.65. The fraction of sp³-hybridized carbons (Fsp3) is 0.571. The highest BCUT2D eigenvalue weighted by Gasteiger charge is 2.22. The summed E-state index contributed by atoms with van der Waals surface area (Å²) in [5.74, 6) is 0.550. The third-order valence-corrected chi connectivity index (χ3v) is 5.59. The number of fused-ring (bicyclic) bond motifs is 1. The van der Waals surface area contributed by atoms with E-state index < -0.39 is 10.0 Å². The quantitative estimate of drug-likeness (QED) is 0.907. The van der Waals surface area contributed by atoms with Crippen molar-refractivity contribution in [1.29, 1.82) is 0 Å². The number of nitrogens with one attached hydrogen (secondary N) is 1. The number of rotatable bonds is 4. The number of benzene rings is 1. The molecule has 0 bridgehead atoms. The van der Waals surface area contributed by atoms with Gasteiger partial charge in [-0.1, -0.05) is 12.5 Å². The van der Waals surface area contributed by atoms with Crippen LogP contribution in [0.3, 0.4) is 0 Å². The molecule has 1 saturated carbocycles. The zero-order valence-electron chi connectivity index (χ0n) is 10.5. The van der Waals surface area contributed by atoms with Crippen LogP contribution in [0, 0.1) is 5.92 Å². The SMILES string of the molecule is O=S(=O)(NCC1CCC1)c1ccc2c(c1)CCC2. The maximum Gasteiger partial charge on any atom is 0.240 e. The number of hydrogen-bond donors (Lipinski definition) is 1. The van der Waals surface area contributed by atoms with Crippen LogP contribution in [-0.2, 0) is 22.9 Å². The van der Waals surface area contributed by atoms with Gasteiger partial charge in [-0.25, -0.2) is 13.1 Å². The molecule has 0 heterocycles. The topological polar surface area (TPSA) is 46.2 Å². The smallest absolute Gasteiger partial charge is 0.211 e. The van der Waals surface area contributed by atoms with Gasteiger partial charge in [0.1, 0.15) is 0 Å². The molecule has 0 atom stereocenters. The van der Waals surface area contributed by atoms with Crippen molar-refractivity contribution in [2.24, 2.45) is 5.92 Å². The Morgan fingerprint density at radius 2 is 1.89 bits per heavy atom. The lowest BCUT2D eigenvalue weighted by Gasteiger charge is -2.25. The first-order valence-corrected chi connectivity index (χ1v) is 8.25. The number of sulfonamides is 1. The molecule has 98 valence electrons. The minimum Gasteiger partial charge on any atom is -0.211 e. The first-order valence-electron chi connectivity index (χ1n) is 6.77. The van der Waals surface area contributed by atoms with E-state index in [-0.39, 0.29) is 0 Å². The highest BCUT2D eigenvalue weighted by atomic mass is 32.2. The van der Waals surface area contributed by atoms with Gasteiger partial charge in [-0.3, -0.25) is 0 Å². The normalized spacial score (nSPS) is 19.6. The van der Waals surface area contributed by atoms with Crippen molar-refractivity contribution < 1.29 is 8.42 Å². The summed E-state index contributed by atoms with van der Waals surface area (Å²) < 4.78 is 27.1. The van der Waals surface area contributed by atoms with Gasteiger partial charge in [0.05, 0.1) is 4.90 Å². The highest BCUT2D eigenvalue weighted by Crippen LogP contribution is 2.27. The number of aryl methyl sites for hydroxylation is 2. The van der Waals surface area contributed by atoms with Gasteiger partial charge in [0.2, 0.25) is 10.0 Å². The molecule has 1 aromatic rings. The largest absolute Gasteiger partial charge is 0.240 e. The Morgan fingerprint density at radius 1 is 1.11 bits per heavy atom. The molecule has 3 rings (SSSR count). The van der Waals surface area contributed by atoms with Gasteiger partial charge in [0.25, 0.3) is 0 Å². The molecule has 1 N–H and O–H groups in total. The van der Waals surface area contributed by atoms with Crippen molar-refractivity contribution in [2.75, 3.05) is 6.54 Å². The molecule has 1 aromatic carbocycles. The lowest BCUT2D eigenvalue weighted by atomic mass is 9.86. The fourth-order valence-electron chi connectivity index (χ4n) is 2.72. The minimum atomic E-state index is -3.30. The molecule has 0 aliphatic heterocycles. The Morgan fingerprint density at radius 3 is 2.61 bits per heavy atom. The molecular weight excluding hydrogens is 246 g/mol. The zero-order chi connectivity index (χ0) is 12.6. The van der Waals surface area contributed by atoms with E-state index in [1.54, 1.807) is 6.07 Å². The molecule has 1 fully saturated rings. The van der Waals surface area contributed by atoms with E-state index in [1.807, 2.05) is 12.1 Å². The van der Waals surface area contributed by atoms with Crippen LogP contribution < -0.4 is 4.72 Å². The van der Waals surface area contributed by atoms with Crippen LogP contribution in [-0.4, -0.2) is 15.0 Å². The van der Waals surface area contributed by atoms with Crippen molar-refractivity contribution in [3.8, 4) is 0 Å². The Labute approximate surface area is 109 Å². The average Bonchev–Trinajstić information content (AvgIpc) is 2.73. The summed E-state index contributed by atoms with van der Waals surface area (Å²) in [6, 6.07) is 5.57. The predicted octanol–water partition coefficient (Wildman–Crippen LogP) is 2.25. The molecule has 2 aliphatic carbocycles. The van der Waals surface area contributed by atoms with Crippen LogP contribution in [0.25, 0.3) is 0 Å². The van der Waals surface area contributed by atoms with Crippen molar-refractivity contribution in [3.63, 3.8) is 0 Å². The third kappa shape index (κ3) is 2.31. The Hall–Kier alpha value is -0.870. The van der Waals surface area contributed by atoms with Crippen LogP contribution in [0.1, 0.15) is 36.8 Å². The lowest BCUT2D eigenvalue weighted by molar-refractivity contribution is 0.316. The van der Waals surface area contributed by atoms with Gasteiger partial charge < -0.3 is 0 Å². The second kappa shape index (κ2) is 4.67. The first kappa shape index (κ1) is 12.2. The van der Waals surface area contributed by atoms with E-state index in [0.717, 1.165) is 32.1 Å². The van der Waals surface area contributed by atoms with Crippen molar-refractivity contribution >= 4 is 10.0 Å². The molecule has 0 saturated heterocycles. The predicted molar refractivity (Wildman–Crippen MR) is 71.0 cm³/mol. The summed E-state index contributed by atoms with van der Waals surface area (Å²) in [7, 11) is -3.30. The zero-order valence-corrected chi connectivity index (χ0v) is 11.3. The van der Waals surface area contributed by atoms with Crippen LogP contribution in [0.4, 0.5) is 0 Å². The van der Waals surface area contributed by atoms with E-state index in [1.165, 1.54) is 17.5 Å².